The van der Waals surface area contributed by atoms with Crippen LogP contribution in [0.3, 0.4) is 0 Å². The van der Waals surface area contributed by atoms with Crippen molar-refractivity contribution in [2.75, 3.05) is 38.7 Å². The Morgan fingerprint density at radius 3 is 2.54 bits per heavy atom. The Morgan fingerprint density at radius 1 is 1.03 bits per heavy atom. The summed E-state index contributed by atoms with van der Waals surface area (Å²) < 4.78 is 10.9. The van der Waals surface area contributed by atoms with Crippen LogP contribution < -0.4 is 10.1 Å². The van der Waals surface area contributed by atoms with E-state index >= 15 is 0 Å². The average molecular weight is 486 g/mol. The number of benzene rings is 3. The fourth-order valence-electron chi connectivity index (χ4n) is 4.09. The normalized spacial score (nSPS) is 14.0. The van der Waals surface area contributed by atoms with Gasteiger partial charge in [-0.3, -0.25) is 9.69 Å². The highest BCUT2D eigenvalue weighted by Gasteiger charge is 2.18. The number of thiazole rings is 1. The molecule has 7 heteroatoms. The van der Waals surface area contributed by atoms with Gasteiger partial charge in [0.15, 0.2) is 0 Å². The summed E-state index contributed by atoms with van der Waals surface area (Å²) in [5.41, 5.74) is 5.38. The summed E-state index contributed by atoms with van der Waals surface area (Å²) in [6.07, 6.45) is 0. The fraction of sp³-hybridized carbons (Fsp3) is 0.214. The molecule has 0 aliphatic carbocycles. The molecule has 3 aromatic carbocycles. The molecule has 1 aromatic heterocycles. The number of carbonyl (C=O) groups excluding carboxylic acids is 1. The van der Waals surface area contributed by atoms with Crippen molar-refractivity contribution in [3.63, 3.8) is 0 Å². The monoisotopic (exact) mass is 485 g/mol. The molecule has 4 aromatic rings. The first kappa shape index (κ1) is 23.2. The highest BCUT2D eigenvalue weighted by molar-refractivity contribution is 7.13. The van der Waals surface area contributed by atoms with Gasteiger partial charge in [-0.15, -0.1) is 11.3 Å². The van der Waals surface area contributed by atoms with Gasteiger partial charge < -0.3 is 14.8 Å². The number of aromatic nitrogens is 1. The molecular weight excluding hydrogens is 458 g/mol. The summed E-state index contributed by atoms with van der Waals surface area (Å²) in [7, 11) is 1.64. The Balaban J connectivity index is 1.30. The molecule has 0 radical (unpaired) electrons. The predicted molar refractivity (Wildman–Crippen MR) is 140 cm³/mol. The maximum absolute atomic E-state index is 13.2. The maximum Gasteiger partial charge on any atom is 0.255 e. The van der Waals surface area contributed by atoms with Crippen LogP contribution in [-0.4, -0.2) is 49.2 Å². The van der Waals surface area contributed by atoms with E-state index in [2.05, 4.69) is 27.7 Å². The third-order valence-electron chi connectivity index (χ3n) is 6.02. The molecule has 0 unspecified atom stereocenters. The Labute approximate surface area is 209 Å². The van der Waals surface area contributed by atoms with Crippen LogP contribution in [0, 0.1) is 0 Å². The average Bonchev–Trinajstić information content (AvgIpc) is 3.40. The van der Waals surface area contributed by atoms with Crippen molar-refractivity contribution in [1.82, 2.24) is 9.88 Å². The summed E-state index contributed by atoms with van der Waals surface area (Å²) in [4.78, 5) is 20.3. The second kappa shape index (κ2) is 10.8. The molecule has 1 aliphatic heterocycles. The minimum absolute atomic E-state index is 0.135. The fourth-order valence-corrected chi connectivity index (χ4v) is 4.93. The minimum Gasteiger partial charge on any atom is -0.497 e. The lowest BCUT2D eigenvalue weighted by Gasteiger charge is -2.27. The van der Waals surface area contributed by atoms with Crippen LogP contribution in [-0.2, 0) is 11.3 Å². The summed E-state index contributed by atoms with van der Waals surface area (Å²) in [5.74, 6) is 0.607. The number of morpholine rings is 1. The van der Waals surface area contributed by atoms with Gasteiger partial charge in [-0.05, 0) is 35.9 Å². The molecule has 178 valence electrons. The summed E-state index contributed by atoms with van der Waals surface area (Å²) >= 11 is 1.63. The predicted octanol–water partition coefficient (Wildman–Crippen LogP) is 5.57. The smallest absolute Gasteiger partial charge is 0.255 e. The van der Waals surface area contributed by atoms with Crippen LogP contribution in [0.15, 0.2) is 78.2 Å². The van der Waals surface area contributed by atoms with Gasteiger partial charge in [0.25, 0.3) is 5.91 Å². The molecule has 1 N–H and O–H groups in total. The van der Waals surface area contributed by atoms with E-state index in [-0.39, 0.29) is 5.91 Å². The molecular formula is C28H27N3O3S. The zero-order valence-corrected chi connectivity index (χ0v) is 20.4. The number of nitrogens with one attached hydrogen (secondary N) is 1. The lowest BCUT2D eigenvalue weighted by Crippen LogP contribution is -2.36. The highest BCUT2D eigenvalue weighted by atomic mass is 32.1. The number of rotatable bonds is 7. The number of nitrogens with zero attached hydrogens (tertiary/aromatic N) is 2. The van der Waals surface area contributed by atoms with E-state index in [1.54, 1.807) is 18.4 Å². The first-order chi connectivity index (χ1) is 17.2. The largest absolute Gasteiger partial charge is 0.497 e. The van der Waals surface area contributed by atoms with Crippen LogP contribution in [0.1, 0.15) is 15.9 Å². The van der Waals surface area contributed by atoms with Crippen molar-refractivity contribution in [3.8, 4) is 27.6 Å². The lowest BCUT2D eigenvalue weighted by molar-refractivity contribution is 0.0341. The van der Waals surface area contributed by atoms with Crippen molar-refractivity contribution in [1.29, 1.82) is 0 Å². The molecule has 1 amide bonds. The molecule has 1 fully saturated rings. The number of hydrogen-bond acceptors (Lipinski definition) is 6. The van der Waals surface area contributed by atoms with E-state index in [1.165, 1.54) is 0 Å². The van der Waals surface area contributed by atoms with Crippen LogP contribution in [0.25, 0.3) is 21.8 Å². The minimum atomic E-state index is -0.135. The molecule has 2 heterocycles. The molecule has 6 nitrogen and oxygen atoms in total. The number of carbonyl (C=O) groups is 1. The van der Waals surface area contributed by atoms with Gasteiger partial charge in [0.05, 0.1) is 26.0 Å². The molecule has 1 aliphatic rings. The van der Waals surface area contributed by atoms with Gasteiger partial charge in [0.1, 0.15) is 10.8 Å². The van der Waals surface area contributed by atoms with Crippen molar-refractivity contribution >= 4 is 22.9 Å². The summed E-state index contributed by atoms with van der Waals surface area (Å²) in [6, 6.07) is 23.6. The lowest BCUT2D eigenvalue weighted by atomic mass is 10.0. The molecule has 0 saturated carbocycles. The van der Waals surface area contributed by atoms with Crippen LogP contribution in [0.5, 0.6) is 5.75 Å². The van der Waals surface area contributed by atoms with Gasteiger partial charge >= 0.3 is 0 Å². The van der Waals surface area contributed by atoms with E-state index in [9.17, 15) is 4.79 Å². The second-order valence-corrected chi connectivity index (χ2v) is 9.21. The third kappa shape index (κ3) is 5.59. The van der Waals surface area contributed by atoms with Gasteiger partial charge in [-0.2, -0.15) is 0 Å². The maximum atomic E-state index is 13.2. The van der Waals surface area contributed by atoms with Gasteiger partial charge in [-0.1, -0.05) is 42.5 Å². The Morgan fingerprint density at radius 2 is 1.80 bits per heavy atom. The Hall–Kier alpha value is -3.52. The van der Waals surface area contributed by atoms with E-state index < -0.39 is 0 Å². The van der Waals surface area contributed by atoms with Crippen LogP contribution >= 0.6 is 11.3 Å². The molecule has 0 spiro atoms. The van der Waals surface area contributed by atoms with Gasteiger partial charge in [0.2, 0.25) is 0 Å². The SMILES string of the molecule is COc1ccc(C(=O)Nc2ccc(-c3csc(-c4ccccc4)n3)cc2)c(CN2CCOCC2)c1. The molecule has 5 rings (SSSR count). The zero-order chi connectivity index (χ0) is 24.0. The number of amides is 1. The van der Waals surface area contributed by atoms with Gasteiger partial charge in [0, 0.05) is 47.4 Å². The Bertz CT molecular complexity index is 1280. The van der Waals surface area contributed by atoms with Crippen molar-refractivity contribution < 1.29 is 14.3 Å². The number of ether oxygens (including phenoxy) is 2. The van der Waals surface area contributed by atoms with E-state index in [0.717, 1.165) is 51.9 Å². The zero-order valence-electron chi connectivity index (χ0n) is 19.6. The first-order valence-corrected chi connectivity index (χ1v) is 12.5. The van der Waals surface area contributed by atoms with E-state index in [1.807, 2.05) is 60.7 Å². The van der Waals surface area contributed by atoms with Crippen LogP contribution in [0.2, 0.25) is 0 Å². The third-order valence-corrected chi connectivity index (χ3v) is 6.91. The molecule has 0 atom stereocenters. The quantitative estimate of drug-likeness (QED) is 0.371. The Kier molecular flexibility index (Phi) is 7.18. The number of anilines is 1. The summed E-state index contributed by atoms with van der Waals surface area (Å²) in [5, 5.41) is 6.09. The van der Waals surface area contributed by atoms with Crippen molar-refractivity contribution in [2.24, 2.45) is 0 Å². The standard InChI is InChI=1S/C28H27N3O3S/c1-33-24-11-12-25(22(17-24)18-31-13-15-34-16-14-31)27(32)29-23-9-7-20(8-10-23)26-19-35-28(30-26)21-5-3-2-4-6-21/h2-12,17,19H,13-16,18H2,1H3,(H,29,32). The van der Waals surface area contributed by atoms with E-state index in [0.29, 0.717) is 25.3 Å². The number of methoxy groups -OCH3 is 1. The second-order valence-electron chi connectivity index (χ2n) is 8.35. The number of hydrogen-bond donors (Lipinski definition) is 1. The molecule has 0 bridgehead atoms. The van der Waals surface area contributed by atoms with Crippen LogP contribution in [0.4, 0.5) is 5.69 Å². The highest BCUT2D eigenvalue weighted by Crippen LogP contribution is 2.29. The molecule has 1 saturated heterocycles. The summed E-state index contributed by atoms with van der Waals surface area (Å²) in [6.45, 7) is 3.80. The topological polar surface area (TPSA) is 63.7 Å². The van der Waals surface area contributed by atoms with Crippen molar-refractivity contribution in [3.05, 3.63) is 89.3 Å². The van der Waals surface area contributed by atoms with Gasteiger partial charge in [-0.25, -0.2) is 4.98 Å². The molecule has 35 heavy (non-hydrogen) atoms. The van der Waals surface area contributed by atoms with Crippen molar-refractivity contribution in [2.45, 2.75) is 6.54 Å². The first-order valence-electron chi connectivity index (χ1n) is 11.6. The van der Waals surface area contributed by atoms with E-state index in [4.69, 9.17) is 14.5 Å².